The summed E-state index contributed by atoms with van der Waals surface area (Å²) in [5.41, 5.74) is 8.92. The summed E-state index contributed by atoms with van der Waals surface area (Å²) >= 11 is 0. The van der Waals surface area contributed by atoms with Crippen LogP contribution >= 0.6 is 0 Å². The Morgan fingerprint density at radius 3 is 2.68 bits per heavy atom. The predicted octanol–water partition coefficient (Wildman–Crippen LogP) is 3.12. The second-order valence-electron chi connectivity index (χ2n) is 4.70. The molecule has 2 N–H and O–H groups in total. The van der Waals surface area contributed by atoms with Crippen molar-refractivity contribution in [2.75, 3.05) is 11.4 Å². The lowest BCUT2D eigenvalue weighted by molar-refractivity contribution is 0.625. The highest BCUT2D eigenvalue weighted by atomic mass is 19.1. The third-order valence-electron chi connectivity index (χ3n) is 3.43. The van der Waals surface area contributed by atoms with E-state index in [0.29, 0.717) is 0 Å². The van der Waals surface area contributed by atoms with Crippen LogP contribution in [0.15, 0.2) is 36.4 Å². The van der Waals surface area contributed by atoms with E-state index in [0.717, 1.165) is 35.5 Å². The summed E-state index contributed by atoms with van der Waals surface area (Å²) in [6.07, 6.45) is 0.837. The molecule has 0 unspecified atom stereocenters. The molecule has 0 saturated heterocycles. The van der Waals surface area contributed by atoms with Gasteiger partial charge >= 0.3 is 0 Å². The molecule has 2 aromatic rings. The van der Waals surface area contributed by atoms with E-state index in [1.165, 1.54) is 24.3 Å². The van der Waals surface area contributed by atoms with Crippen molar-refractivity contribution >= 4 is 11.4 Å². The van der Waals surface area contributed by atoms with E-state index in [2.05, 4.69) is 0 Å². The highest BCUT2D eigenvalue weighted by Gasteiger charge is 2.21. The molecular formula is C15H14F2N2. The number of benzene rings is 2. The monoisotopic (exact) mass is 260 g/mol. The number of hydrogen-bond acceptors (Lipinski definition) is 2. The number of anilines is 2. The first kappa shape index (κ1) is 12.1. The number of nitrogens with two attached hydrogens (primary N) is 1. The fraction of sp³-hybridized carbons (Fsp3) is 0.200. The molecule has 2 nitrogen and oxygen atoms in total. The standard InChI is InChI=1S/C15H14F2N2/c16-12-2-1-11-3-4-19(15(11)8-12)14-6-10(9-18)5-13(17)7-14/h1-2,5-8H,3-4,9,18H2. The van der Waals surface area contributed by atoms with Crippen molar-refractivity contribution in [3.8, 4) is 0 Å². The molecule has 0 bridgehead atoms. The van der Waals surface area contributed by atoms with E-state index in [1.807, 2.05) is 11.0 Å². The molecule has 1 aliphatic heterocycles. The van der Waals surface area contributed by atoms with E-state index in [1.54, 1.807) is 6.07 Å². The van der Waals surface area contributed by atoms with Gasteiger partial charge in [0.1, 0.15) is 11.6 Å². The van der Waals surface area contributed by atoms with Gasteiger partial charge in [0.25, 0.3) is 0 Å². The lowest BCUT2D eigenvalue weighted by atomic mass is 10.1. The SMILES string of the molecule is NCc1cc(F)cc(N2CCc3ccc(F)cc32)c1. The fourth-order valence-corrected chi connectivity index (χ4v) is 2.53. The molecule has 98 valence electrons. The van der Waals surface area contributed by atoms with Crippen LogP contribution in [-0.2, 0) is 13.0 Å². The highest BCUT2D eigenvalue weighted by molar-refractivity contribution is 5.70. The first-order chi connectivity index (χ1) is 9.17. The van der Waals surface area contributed by atoms with Gasteiger partial charge in [-0.05, 0) is 47.9 Å². The minimum absolute atomic E-state index is 0.277. The summed E-state index contributed by atoms with van der Waals surface area (Å²) in [4.78, 5) is 1.93. The molecule has 0 saturated carbocycles. The van der Waals surface area contributed by atoms with Crippen LogP contribution in [-0.4, -0.2) is 6.54 Å². The average Bonchev–Trinajstić information content (AvgIpc) is 2.80. The van der Waals surface area contributed by atoms with Crippen LogP contribution in [0.3, 0.4) is 0 Å². The molecule has 3 rings (SSSR count). The zero-order valence-electron chi connectivity index (χ0n) is 10.4. The third kappa shape index (κ3) is 2.19. The normalized spacial score (nSPS) is 13.7. The van der Waals surface area contributed by atoms with Gasteiger partial charge in [-0.2, -0.15) is 0 Å². The predicted molar refractivity (Wildman–Crippen MR) is 71.4 cm³/mol. The summed E-state index contributed by atoms with van der Waals surface area (Å²) < 4.78 is 26.9. The first-order valence-corrected chi connectivity index (χ1v) is 6.23. The van der Waals surface area contributed by atoms with Crippen molar-refractivity contribution in [3.05, 3.63) is 59.2 Å². The molecule has 1 heterocycles. The van der Waals surface area contributed by atoms with Crippen molar-refractivity contribution in [1.82, 2.24) is 0 Å². The Morgan fingerprint density at radius 2 is 1.89 bits per heavy atom. The maximum absolute atomic E-state index is 13.6. The van der Waals surface area contributed by atoms with Gasteiger partial charge in [0.05, 0.1) is 0 Å². The smallest absolute Gasteiger partial charge is 0.125 e. The van der Waals surface area contributed by atoms with E-state index >= 15 is 0 Å². The summed E-state index contributed by atoms with van der Waals surface area (Å²) in [6.45, 7) is 1.01. The average molecular weight is 260 g/mol. The van der Waals surface area contributed by atoms with Gasteiger partial charge in [-0.1, -0.05) is 6.07 Å². The number of halogens is 2. The molecular weight excluding hydrogens is 246 g/mol. The Bertz CT molecular complexity index is 626. The van der Waals surface area contributed by atoms with Crippen molar-refractivity contribution in [3.63, 3.8) is 0 Å². The topological polar surface area (TPSA) is 29.3 Å². The lowest BCUT2D eigenvalue weighted by Gasteiger charge is -2.20. The Morgan fingerprint density at radius 1 is 1.05 bits per heavy atom. The summed E-state index contributed by atoms with van der Waals surface area (Å²) in [5.74, 6) is -0.594. The van der Waals surface area contributed by atoms with Crippen LogP contribution in [0.5, 0.6) is 0 Å². The van der Waals surface area contributed by atoms with Crippen LogP contribution in [0.1, 0.15) is 11.1 Å². The molecule has 0 fully saturated rings. The van der Waals surface area contributed by atoms with Crippen molar-refractivity contribution in [2.45, 2.75) is 13.0 Å². The molecule has 0 aliphatic carbocycles. The molecule has 2 aromatic carbocycles. The molecule has 0 aromatic heterocycles. The van der Waals surface area contributed by atoms with Gasteiger partial charge in [0.15, 0.2) is 0 Å². The maximum Gasteiger partial charge on any atom is 0.125 e. The quantitative estimate of drug-likeness (QED) is 0.899. The van der Waals surface area contributed by atoms with Gasteiger partial charge < -0.3 is 10.6 Å². The molecule has 1 aliphatic rings. The third-order valence-corrected chi connectivity index (χ3v) is 3.43. The van der Waals surface area contributed by atoms with Crippen molar-refractivity contribution in [2.24, 2.45) is 5.73 Å². The Labute approximate surface area is 110 Å². The summed E-state index contributed by atoms with van der Waals surface area (Å²) in [5, 5.41) is 0. The van der Waals surface area contributed by atoms with Crippen LogP contribution < -0.4 is 10.6 Å². The minimum atomic E-state index is -0.317. The summed E-state index contributed by atoms with van der Waals surface area (Å²) in [7, 11) is 0. The highest BCUT2D eigenvalue weighted by Crippen LogP contribution is 2.35. The second kappa shape index (κ2) is 4.63. The summed E-state index contributed by atoms with van der Waals surface area (Å²) in [6, 6.07) is 9.47. The second-order valence-corrected chi connectivity index (χ2v) is 4.70. The first-order valence-electron chi connectivity index (χ1n) is 6.23. The Kier molecular flexibility index (Phi) is 2.95. The van der Waals surface area contributed by atoms with Gasteiger partial charge in [-0.25, -0.2) is 8.78 Å². The lowest BCUT2D eigenvalue weighted by Crippen LogP contribution is -2.14. The minimum Gasteiger partial charge on any atom is -0.341 e. The van der Waals surface area contributed by atoms with Crippen molar-refractivity contribution in [1.29, 1.82) is 0 Å². The zero-order valence-corrected chi connectivity index (χ0v) is 10.4. The number of hydrogen-bond donors (Lipinski definition) is 1. The Hall–Kier alpha value is -1.94. The van der Waals surface area contributed by atoms with Crippen LogP contribution in [0.25, 0.3) is 0 Å². The van der Waals surface area contributed by atoms with Gasteiger partial charge in [-0.3, -0.25) is 0 Å². The number of nitrogens with zero attached hydrogens (tertiary/aromatic N) is 1. The molecule has 0 amide bonds. The number of fused-ring (bicyclic) bond motifs is 1. The van der Waals surface area contributed by atoms with E-state index in [4.69, 9.17) is 5.73 Å². The zero-order chi connectivity index (χ0) is 13.4. The molecule has 19 heavy (non-hydrogen) atoms. The fourth-order valence-electron chi connectivity index (χ4n) is 2.53. The van der Waals surface area contributed by atoms with E-state index in [9.17, 15) is 8.78 Å². The Balaban J connectivity index is 2.06. The van der Waals surface area contributed by atoms with Crippen LogP contribution in [0, 0.1) is 11.6 Å². The molecule has 0 atom stereocenters. The van der Waals surface area contributed by atoms with Crippen LogP contribution in [0.4, 0.5) is 20.2 Å². The molecule has 0 spiro atoms. The maximum atomic E-state index is 13.6. The largest absolute Gasteiger partial charge is 0.341 e. The molecule has 0 radical (unpaired) electrons. The molecule has 4 heteroatoms. The van der Waals surface area contributed by atoms with Gasteiger partial charge in [-0.15, -0.1) is 0 Å². The van der Waals surface area contributed by atoms with E-state index < -0.39 is 0 Å². The number of rotatable bonds is 2. The van der Waals surface area contributed by atoms with Gasteiger partial charge in [0.2, 0.25) is 0 Å². The van der Waals surface area contributed by atoms with Crippen molar-refractivity contribution < 1.29 is 8.78 Å². The van der Waals surface area contributed by atoms with E-state index in [-0.39, 0.29) is 18.2 Å². The van der Waals surface area contributed by atoms with Gasteiger partial charge in [0, 0.05) is 24.5 Å². The van der Waals surface area contributed by atoms with Crippen LogP contribution in [0.2, 0.25) is 0 Å².